The molecule has 0 bridgehead atoms. The van der Waals surface area contributed by atoms with Gasteiger partial charge in [-0.15, -0.1) is 0 Å². The smallest absolute Gasteiger partial charge is 0.258 e. The first-order valence-corrected chi connectivity index (χ1v) is 7.13. The van der Waals surface area contributed by atoms with E-state index in [1.54, 1.807) is 24.4 Å². The molecule has 1 saturated heterocycles. The van der Waals surface area contributed by atoms with Gasteiger partial charge in [-0.1, -0.05) is 11.6 Å². The Morgan fingerprint density at radius 3 is 3.15 bits per heavy atom. The lowest BCUT2D eigenvalue weighted by Crippen LogP contribution is -2.48. The minimum absolute atomic E-state index is 0.0873. The number of hydrogen-bond acceptors (Lipinski definition) is 4. The van der Waals surface area contributed by atoms with E-state index >= 15 is 0 Å². The van der Waals surface area contributed by atoms with E-state index in [0.717, 1.165) is 25.3 Å². The van der Waals surface area contributed by atoms with E-state index in [-0.39, 0.29) is 5.56 Å². The molecule has 0 spiro atoms. The van der Waals surface area contributed by atoms with Crippen LogP contribution in [-0.2, 0) is 6.54 Å². The number of rotatable bonds is 2. The van der Waals surface area contributed by atoms with Gasteiger partial charge in [-0.25, -0.2) is 4.98 Å². The molecular formula is C14H17ClN4O. The molecule has 2 aromatic rings. The number of fused-ring (bicyclic) bond motifs is 1. The van der Waals surface area contributed by atoms with Crippen molar-refractivity contribution < 1.29 is 0 Å². The Morgan fingerprint density at radius 1 is 1.50 bits per heavy atom. The summed E-state index contributed by atoms with van der Waals surface area (Å²) in [5.41, 5.74) is 1.36. The number of nitrogens with zero attached hydrogens (tertiary/aromatic N) is 3. The topological polar surface area (TPSA) is 49.6 Å². The maximum Gasteiger partial charge on any atom is 0.258 e. The van der Waals surface area contributed by atoms with E-state index in [0.29, 0.717) is 23.3 Å². The number of halogens is 1. The van der Waals surface area contributed by atoms with Crippen molar-refractivity contribution >= 4 is 17.2 Å². The van der Waals surface area contributed by atoms with E-state index in [9.17, 15) is 4.79 Å². The number of hydrogen-bond donors (Lipinski definition) is 1. The molecule has 1 N–H and O–H groups in total. The highest BCUT2D eigenvalue weighted by molar-refractivity contribution is 6.30. The molecule has 0 aromatic carbocycles. The van der Waals surface area contributed by atoms with Gasteiger partial charge in [-0.05, 0) is 19.1 Å². The van der Waals surface area contributed by atoms with Crippen molar-refractivity contribution in [1.29, 1.82) is 0 Å². The fourth-order valence-corrected chi connectivity index (χ4v) is 2.75. The summed E-state index contributed by atoms with van der Waals surface area (Å²) in [6.45, 7) is 5.80. The summed E-state index contributed by atoms with van der Waals surface area (Å²) >= 11 is 5.90. The van der Waals surface area contributed by atoms with Crippen molar-refractivity contribution in [2.75, 3.05) is 19.6 Å². The molecular weight excluding hydrogens is 276 g/mol. The summed E-state index contributed by atoms with van der Waals surface area (Å²) in [5, 5.41) is 3.93. The molecule has 0 aliphatic carbocycles. The zero-order valence-corrected chi connectivity index (χ0v) is 12.1. The second-order valence-electron chi connectivity index (χ2n) is 5.25. The van der Waals surface area contributed by atoms with Gasteiger partial charge in [-0.3, -0.25) is 14.1 Å². The van der Waals surface area contributed by atoms with Crippen LogP contribution in [0.2, 0.25) is 5.02 Å². The molecule has 6 heteroatoms. The standard InChI is InChI=1S/C14H17ClN4O/c1-10-7-18(5-4-16-10)9-12-6-14(20)19-8-11(15)2-3-13(19)17-12/h2-3,6,8,10,16H,4-5,7,9H2,1H3/t10-/m1/s1. The van der Waals surface area contributed by atoms with Crippen LogP contribution in [-0.4, -0.2) is 40.0 Å². The van der Waals surface area contributed by atoms with E-state index < -0.39 is 0 Å². The van der Waals surface area contributed by atoms with Crippen molar-refractivity contribution in [2.45, 2.75) is 19.5 Å². The highest BCUT2D eigenvalue weighted by atomic mass is 35.5. The van der Waals surface area contributed by atoms with Crippen LogP contribution in [0.1, 0.15) is 12.6 Å². The first-order valence-electron chi connectivity index (χ1n) is 6.75. The molecule has 1 aliphatic rings. The number of piperazine rings is 1. The monoisotopic (exact) mass is 292 g/mol. The van der Waals surface area contributed by atoms with E-state index in [2.05, 4.69) is 22.1 Å². The molecule has 1 atom stereocenters. The molecule has 3 rings (SSSR count). The molecule has 1 aliphatic heterocycles. The van der Waals surface area contributed by atoms with Gasteiger partial charge in [0.2, 0.25) is 0 Å². The third kappa shape index (κ3) is 2.85. The summed E-state index contributed by atoms with van der Waals surface area (Å²) in [7, 11) is 0. The van der Waals surface area contributed by atoms with Crippen molar-refractivity contribution in [2.24, 2.45) is 0 Å². The minimum atomic E-state index is -0.0873. The average Bonchev–Trinajstić information content (AvgIpc) is 2.40. The first kappa shape index (κ1) is 13.5. The predicted molar refractivity (Wildman–Crippen MR) is 79.2 cm³/mol. The first-order chi connectivity index (χ1) is 9.61. The fourth-order valence-electron chi connectivity index (χ4n) is 2.59. The molecule has 106 valence electrons. The lowest BCUT2D eigenvalue weighted by Gasteiger charge is -2.31. The third-order valence-electron chi connectivity index (χ3n) is 3.52. The molecule has 2 aromatic heterocycles. The molecule has 1 fully saturated rings. The van der Waals surface area contributed by atoms with Crippen LogP contribution in [0.4, 0.5) is 0 Å². The SMILES string of the molecule is C[C@@H]1CN(Cc2cc(=O)n3cc(Cl)ccc3n2)CCN1. The van der Waals surface area contributed by atoms with E-state index in [1.807, 2.05) is 0 Å². The van der Waals surface area contributed by atoms with Crippen LogP contribution >= 0.6 is 11.6 Å². The maximum absolute atomic E-state index is 12.1. The molecule has 5 nitrogen and oxygen atoms in total. The summed E-state index contributed by atoms with van der Waals surface area (Å²) in [6.07, 6.45) is 1.60. The second kappa shape index (κ2) is 5.52. The van der Waals surface area contributed by atoms with E-state index in [4.69, 9.17) is 11.6 Å². The average molecular weight is 293 g/mol. The maximum atomic E-state index is 12.1. The Bertz CT molecular complexity index is 684. The highest BCUT2D eigenvalue weighted by Gasteiger charge is 2.16. The number of pyridine rings is 1. The van der Waals surface area contributed by atoms with Crippen LogP contribution in [0.5, 0.6) is 0 Å². The minimum Gasteiger partial charge on any atom is -0.312 e. The van der Waals surface area contributed by atoms with Crippen LogP contribution in [0.3, 0.4) is 0 Å². The Kier molecular flexibility index (Phi) is 3.74. The van der Waals surface area contributed by atoms with Gasteiger partial charge in [0.05, 0.1) is 10.7 Å². The Labute approximate surface area is 122 Å². The number of aromatic nitrogens is 2. The van der Waals surface area contributed by atoms with Gasteiger partial charge in [0.15, 0.2) is 0 Å². The van der Waals surface area contributed by atoms with Crippen molar-refractivity contribution in [3.8, 4) is 0 Å². The summed E-state index contributed by atoms with van der Waals surface area (Å²) in [5.74, 6) is 0. The Hall–Kier alpha value is -1.43. The van der Waals surface area contributed by atoms with Crippen molar-refractivity contribution in [3.63, 3.8) is 0 Å². The zero-order chi connectivity index (χ0) is 14.1. The molecule has 20 heavy (non-hydrogen) atoms. The Balaban J connectivity index is 1.89. The largest absolute Gasteiger partial charge is 0.312 e. The normalized spacial score (nSPS) is 20.4. The van der Waals surface area contributed by atoms with Crippen molar-refractivity contribution in [3.05, 3.63) is 45.5 Å². The Morgan fingerprint density at radius 2 is 2.35 bits per heavy atom. The van der Waals surface area contributed by atoms with Crippen LogP contribution in [0.25, 0.3) is 5.65 Å². The van der Waals surface area contributed by atoms with E-state index in [1.165, 1.54) is 4.40 Å². The lowest BCUT2D eigenvalue weighted by atomic mass is 10.2. The fraction of sp³-hybridized carbons (Fsp3) is 0.429. The quantitative estimate of drug-likeness (QED) is 0.902. The van der Waals surface area contributed by atoms with Gasteiger partial charge >= 0.3 is 0 Å². The van der Waals surface area contributed by atoms with Gasteiger partial charge in [0, 0.05) is 44.5 Å². The van der Waals surface area contributed by atoms with Gasteiger partial charge in [-0.2, -0.15) is 0 Å². The van der Waals surface area contributed by atoms with Crippen molar-refractivity contribution in [1.82, 2.24) is 19.6 Å². The van der Waals surface area contributed by atoms with Gasteiger partial charge < -0.3 is 5.32 Å². The molecule has 0 amide bonds. The third-order valence-corrected chi connectivity index (χ3v) is 3.74. The molecule has 0 unspecified atom stereocenters. The summed E-state index contributed by atoms with van der Waals surface area (Å²) in [4.78, 5) is 18.9. The van der Waals surface area contributed by atoms with Gasteiger partial charge in [0.25, 0.3) is 5.56 Å². The molecule has 3 heterocycles. The van der Waals surface area contributed by atoms with Crippen LogP contribution < -0.4 is 10.9 Å². The number of nitrogens with one attached hydrogen (secondary N) is 1. The van der Waals surface area contributed by atoms with Gasteiger partial charge in [0.1, 0.15) is 5.65 Å². The highest BCUT2D eigenvalue weighted by Crippen LogP contribution is 2.10. The molecule has 0 saturated carbocycles. The predicted octanol–water partition coefficient (Wildman–Crippen LogP) is 1.14. The van der Waals surface area contributed by atoms with Crippen LogP contribution in [0.15, 0.2) is 29.2 Å². The van der Waals surface area contributed by atoms with Crippen LogP contribution in [0, 0.1) is 0 Å². The summed E-state index contributed by atoms with van der Waals surface area (Å²) < 4.78 is 1.48. The zero-order valence-electron chi connectivity index (χ0n) is 11.3. The lowest BCUT2D eigenvalue weighted by molar-refractivity contribution is 0.197. The molecule has 0 radical (unpaired) electrons. The second-order valence-corrected chi connectivity index (χ2v) is 5.69. The summed E-state index contributed by atoms with van der Waals surface area (Å²) in [6, 6.07) is 5.59.